The molecule has 2 atom stereocenters. The van der Waals surface area contributed by atoms with E-state index in [9.17, 15) is 19.2 Å². The summed E-state index contributed by atoms with van der Waals surface area (Å²) < 4.78 is 14.5. The van der Waals surface area contributed by atoms with Crippen LogP contribution in [-0.2, 0) is 23.8 Å². The van der Waals surface area contributed by atoms with E-state index in [4.69, 9.17) is 9.47 Å². The summed E-state index contributed by atoms with van der Waals surface area (Å²) in [5.74, 6) is -3.84. The highest BCUT2D eigenvalue weighted by Gasteiger charge is 2.50. The van der Waals surface area contributed by atoms with Crippen molar-refractivity contribution in [2.45, 2.75) is 12.2 Å². The summed E-state index contributed by atoms with van der Waals surface area (Å²) >= 11 is 0. The van der Waals surface area contributed by atoms with Gasteiger partial charge in [-0.3, -0.25) is 0 Å². The molecule has 1 fully saturated rings. The van der Waals surface area contributed by atoms with Crippen LogP contribution in [0, 0.1) is 0 Å². The van der Waals surface area contributed by atoms with E-state index in [2.05, 4.69) is 4.74 Å². The lowest BCUT2D eigenvalue weighted by Gasteiger charge is -2.15. The molecular formula is C18H12O7. The fourth-order valence-corrected chi connectivity index (χ4v) is 2.20. The first kappa shape index (κ1) is 16.4. The van der Waals surface area contributed by atoms with Gasteiger partial charge in [-0.1, -0.05) is 36.4 Å². The summed E-state index contributed by atoms with van der Waals surface area (Å²) in [6.07, 6.45) is -3.29. The van der Waals surface area contributed by atoms with Gasteiger partial charge in [-0.25, -0.2) is 19.2 Å². The molecule has 0 spiro atoms. The second-order valence-electron chi connectivity index (χ2n) is 5.12. The van der Waals surface area contributed by atoms with E-state index in [0.717, 1.165) is 0 Å². The third-order valence-corrected chi connectivity index (χ3v) is 3.43. The van der Waals surface area contributed by atoms with Crippen molar-refractivity contribution >= 4 is 23.9 Å². The normalized spacial score (nSPS) is 19.2. The van der Waals surface area contributed by atoms with E-state index >= 15 is 0 Å². The molecule has 7 heteroatoms. The van der Waals surface area contributed by atoms with Crippen molar-refractivity contribution in [2.24, 2.45) is 0 Å². The first-order valence-electron chi connectivity index (χ1n) is 7.34. The summed E-state index contributed by atoms with van der Waals surface area (Å²) in [7, 11) is 0. The lowest BCUT2D eigenvalue weighted by Crippen LogP contribution is -2.37. The fraction of sp³-hybridized carbons (Fsp3) is 0.111. The van der Waals surface area contributed by atoms with Crippen LogP contribution in [0.25, 0.3) is 0 Å². The Morgan fingerprint density at radius 2 is 1.04 bits per heavy atom. The van der Waals surface area contributed by atoms with E-state index in [0.29, 0.717) is 0 Å². The molecule has 2 aromatic carbocycles. The van der Waals surface area contributed by atoms with Crippen molar-refractivity contribution in [3.05, 3.63) is 71.8 Å². The van der Waals surface area contributed by atoms with Crippen LogP contribution in [0.1, 0.15) is 20.7 Å². The molecule has 0 unspecified atom stereocenters. The number of carbonyl (C=O) groups excluding carboxylic acids is 4. The zero-order valence-electron chi connectivity index (χ0n) is 12.8. The topological polar surface area (TPSA) is 96.0 Å². The Morgan fingerprint density at radius 3 is 1.40 bits per heavy atom. The summed E-state index contributed by atoms with van der Waals surface area (Å²) in [6.45, 7) is 0. The molecule has 0 radical (unpaired) electrons. The van der Waals surface area contributed by atoms with Crippen molar-refractivity contribution in [1.29, 1.82) is 0 Å². The molecular weight excluding hydrogens is 328 g/mol. The van der Waals surface area contributed by atoms with E-state index in [1.807, 2.05) is 0 Å². The Morgan fingerprint density at radius 1 is 0.680 bits per heavy atom. The second-order valence-corrected chi connectivity index (χ2v) is 5.12. The lowest BCUT2D eigenvalue weighted by atomic mass is 10.2. The van der Waals surface area contributed by atoms with Crippen LogP contribution in [0.3, 0.4) is 0 Å². The molecule has 1 aliphatic heterocycles. The molecule has 126 valence electrons. The van der Waals surface area contributed by atoms with Crippen LogP contribution < -0.4 is 0 Å². The van der Waals surface area contributed by atoms with E-state index in [1.165, 1.54) is 24.3 Å². The number of esters is 4. The fourth-order valence-electron chi connectivity index (χ4n) is 2.20. The summed E-state index contributed by atoms with van der Waals surface area (Å²) in [5, 5.41) is 0. The first-order chi connectivity index (χ1) is 12.1. The second kappa shape index (κ2) is 6.96. The highest BCUT2D eigenvalue weighted by atomic mass is 16.7. The van der Waals surface area contributed by atoms with Crippen molar-refractivity contribution in [3.8, 4) is 0 Å². The molecule has 0 aromatic heterocycles. The quantitative estimate of drug-likeness (QED) is 0.473. The SMILES string of the molecule is O=C(O[C@@H]1C(=O)OC(=O)[C@H]1OC(=O)c1ccccc1)c1ccccc1. The molecule has 25 heavy (non-hydrogen) atoms. The highest BCUT2D eigenvalue weighted by Crippen LogP contribution is 2.20. The Hall–Kier alpha value is -3.48. The van der Waals surface area contributed by atoms with Gasteiger partial charge in [0.2, 0.25) is 12.2 Å². The van der Waals surface area contributed by atoms with Crippen molar-refractivity contribution in [2.75, 3.05) is 0 Å². The van der Waals surface area contributed by atoms with Crippen LogP contribution in [0.2, 0.25) is 0 Å². The van der Waals surface area contributed by atoms with Crippen molar-refractivity contribution in [1.82, 2.24) is 0 Å². The zero-order valence-corrected chi connectivity index (χ0v) is 12.8. The lowest BCUT2D eigenvalue weighted by molar-refractivity contribution is -0.155. The van der Waals surface area contributed by atoms with E-state index in [1.54, 1.807) is 36.4 Å². The van der Waals surface area contributed by atoms with Crippen LogP contribution in [0.5, 0.6) is 0 Å². The molecule has 1 heterocycles. The predicted molar refractivity (Wildman–Crippen MR) is 82.4 cm³/mol. The molecule has 3 rings (SSSR count). The van der Waals surface area contributed by atoms with Crippen LogP contribution in [0.4, 0.5) is 0 Å². The number of hydrogen-bond acceptors (Lipinski definition) is 7. The van der Waals surface area contributed by atoms with Gasteiger partial charge in [0.05, 0.1) is 11.1 Å². The monoisotopic (exact) mass is 340 g/mol. The third kappa shape index (κ3) is 3.55. The summed E-state index contributed by atoms with van der Waals surface area (Å²) in [5.41, 5.74) is 0.366. The molecule has 1 aliphatic rings. The predicted octanol–water partition coefficient (Wildman–Crippen LogP) is 1.52. The standard InChI is InChI=1S/C18H12O7/c19-15(11-7-3-1-4-8-11)23-13-14(18(22)25-17(13)21)24-16(20)12-9-5-2-6-10-12/h1-10,13-14H/t13-,14-/m0/s1. The highest BCUT2D eigenvalue weighted by molar-refractivity contribution is 6.03. The van der Waals surface area contributed by atoms with Gasteiger partial charge in [-0.15, -0.1) is 0 Å². The average Bonchev–Trinajstić information content (AvgIpc) is 2.90. The number of rotatable bonds is 4. The van der Waals surface area contributed by atoms with Crippen LogP contribution in [0.15, 0.2) is 60.7 Å². The van der Waals surface area contributed by atoms with Crippen LogP contribution in [-0.4, -0.2) is 36.1 Å². The van der Waals surface area contributed by atoms with Gasteiger partial charge in [0.25, 0.3) is 0 Å². The van der Waals surface area contributed by atoms with Gasteiger partial charge in [-0.2, -0.15) is 0 Å². The number of ether oxygens (including phenoxy) is 3. The van der Waals surface area contributed by atoms with Gasteiger partial charge < -0.3 is 14.2 Å². The molecule has 0 aliphatic carbocycles. The van der Waals surface area contributed by atoms with Gasteiger partial charge in [-0.05, 0) is 24.3 Å². The number of hydrogen-bond donors (Lipinski definition) is 0. The minimum atomic E-state index is -1.65. The smallest absolute Gasteiger partial charge is 0.359 e. The van der Waals surface area contributed by atoms with Crippen molar-refractivity contribution < 1.29 is 33.4 Å². The number of benzene rings is 2. The Labute approximate surface area is 142 Å². The van der Waals surface area contributed by atoms with Gasteiger partial charge in [0, 0.05) is 0 Å². The maximum absolute atomic E-state index is 12.1. The largest absolute Gasteiger partial charge is 0.442 e. The Bertz CT molecular complexity index is 744. The average molecular weight is 340 g/mol. The minimum absolute atomic E-state index is 0.183. The van der Waals surface area contributed by atoms with E-state index in [-0.39, 0.29) is 11.1 Å². The maximum Gasteiger partial charge on any atom is 0.359 e. The van der Waals surface area contributed by atoms with Gasteiger partial charge >= 0.3 is 23.9 Å². The van der Waals surface area contributed by atoms with Gasteiger partial charge in [0.1, 0.15) is 0 Å². The minimum Gasteiger partial charge on any atom is -0.442 e. The Balaban J connectivity index is 1.75. The number of carbonyl (C=O) groups is 4. The molecule has 0 amide bonds. The maximum atomic E-state index is 12.1. The molecule has 0 saturated carbocycles. The number of cyclic esters (lactones) is 2. The summed E-state index contributed by atoms with van der Waals surface area (Å²) in [6, 6.07) is 15.8. The Kier molecular flexibility index (Phi) is 4.56. The summed E-state index contributed by atoms with van der Waals surface area (Å²) in [4.78, 5) is 47.7. The van der Waals surface area contributed by atoms with Gasteiger partial charge in [0.15, 0.2) is 0 Å². The van der Waals surface area contributed by atoms with Crippen molar-refractivity contribution in [3.63, 3.8) is 0 Å². The third-order valence-electron chi connectivity index (χ3n) is 3.43. The molecule has 2 aromatic rings. The molecule has 0 N–H and O–H groups in total. The molecule has 1 saturated heterocycles. The molecule has 7 nitrogen and oxygen atoms in total. The molecule has 0 bridgehead atoms. The zero-order chi connectivity index (χ0) is 17.8. The first-order valence-corrected chi connectivity index (χ1v) is 7.34. The van der Waals surface area contributed by atoms with Crippen LogP contribution >= 0.6 is 0 Å². The van der Waals surface area contributed by atoms with E-state index < -0.39 is 36.1 Å².